The zero-order valence-electron chi connectivity index (χ0n) is 18.2. The van der Waals surface area contributed by atoms with Crippen molar-refractivity contribution in [2.75, 3.05) is 19.5 Å². The Morgan fingerprint density at radius 1 is 1.12 bits per heavy atom. The second-order valence-electron chi connectivity index (χ2n) is 6.92. The minimum absolute atomic E-state index is 0.285. The summed E-state index contributed by atoms with van der Waals surface area (Å²) in [6.45, 7) is 0. The highest BCUT2D eigenvalue weighted by atomic mass is 35.5. The van der Waals surface area contributed by atoms with Crippen molar-refractivity contribution in [3.05, 3.63) is 81.1 Å². The maximum atomic E-state index is 12.8. The molecule has 9 heteroatoms. The van der Waals surface area contributed by atoms with Crippen LogP contribution in [0.5, 0.6) is 11.5 Å². The van der Waals surface area contributed by atoms with Crippen LogP contribution in [-0.2, 0) is 0 Å². The highest BCUT2D eigenvalue weighted by molar-refractivity contribution is 7.19. The molecule has 2 heterocycles. The number of benzene rings is 2. The monoisotopic (exact) mass is 507 g/mol. The molecule has 0 saturated carbocycles. The molecule has 1 N–H and O–H groups in total. The zero-order valence-corrected chi connectivity index (χ0v) is 20.6. The van der Waals surface area contributed by atoms with Crippen LogP contribution in [0.3, 0.4) is 0 Å². The van der Waals surface area contributed by atoms with Gasteiger partial charge in [-0.2, -0.15) is 5.26 Å². The lowest BCUT2D eigenvalue weighted by atomic mass is 10.1. The lowest BCUT2D eigenvalue weighted by molar-refractivity contribution is 0.102. The molecule has 34 heavy (non-hydrogen) atoms. The molecule has 0 atom stereocenters. The van der Waals surface area contributed by atoms with E-state index in [-0.39, 0.29) is 5.91 Å². The van der Waals surface area contributed by atoms with Crippen LogP contribution in [0.2, 0.25) is 5.02 Å². The molecule has 4 rings (SSSR count). The second-order valence-corrected chi connectivity index (χ2v) is 9.30. The molecule has 0 aliphatic rings. The molecule has 2 aromatic carbocycles. The van der Waals surface area contributed by atoms with Crippen molar-refractivity contribution < 1.29 is 14.3 Å². The van der Waals surface area contributed by atoms with Crippen molar-refractivity contribution in [1.29, 1.82) is 5.26 Å². The molecule has 0 radical (unpaired) electrons. The quantitative estimate of drug-likeness (QED) is 0.276. The Hall–Kier alpha value is -3.64. The summed E-state index contributed by atoms with van der Waals surface area (Å²) in [6, 6.07) is 18.1. The normalized spacial score (nSPS) is 11.1. The van der Waals surface area contributed by atoms with Gasteiger partial charge in [0.25, 0.3) is 5.91 Å². The number of carbonyl (C=O) groups excluding carboxylic acids is 1. The number of allylic oxidation sites excluding steroid dienone is 1. The third-order valence-corrected chi connectivity index (χ3v) is 6.92. The number of amides is 1. The van der Waals surface area contributed by atoms with Crippen molar-refractivity contribution in [2.45, 2.75) is 0 Å². The van der Waals surface area contributed by atoms with Gasteiger partial charge in [-0.3, -0.25) is 4.79 Å². The number of halogens is 1. The fourth-order valence-electron chi connectivity index (χ4n) is 3.13. The van der Waals surface area contributed by atoms with E-state index >= 15 is 0 Å². The summed E-state index contributed by atoms with van der Waals surface area (Å²) in [5.41, 5.74) is 2.21. The minimum Gasteiger partial charge on any atom is -0.493 e. The van der Waals surface area contributed by atoms with E-state index < -0.39 is 0 Å². The first-order chi connectivity index (χ1) is 16.5. The van der Waals surface area contributed by atoms with Crippen LogP contribution in [-0.4, -0.2) is 25.1 Å². The molecule has 4 aromatic rings. The Balaban J connectivity index is 1.72. The summed E-state index contributed by atoms with van der Waals surface area (Å²) in [5, 5.41) is 16.4. The van der Waals surface area contributed by atoms with Gasteiger partial charge < -0.3 is 14.8 Å². The van der Waals surface area contributed by atoms with Crippen LogP contribution in [0.1, 0.15) is 20.9 Å². The maximum Gasteiger partial charge on any atom is 0.256 e. The highest BCUT2D eigenvalue weighted by Crippen LogP contribution is 2.39. The average Bonchev–Trinajstić information content (AvgIpc) is 3.53. The summed E-state index contributed by atoms with van der Waals surface area (Å²) >= 11 is 8.68. The highest BCUT2D eigenvalue weighted by Gasteiger charge is 2.19. The lowest BCUT2D eigenvalue weighted by Gasteiger charge is -2.07. The first-order valence-electron chi connectivity index (χ1n) is 9.98. The number of nitrogens with zero attached hydrogens (tertiary/aromatic N) is 2. The predicted octanol–water partition coefficient (Wildman–Crippen LogP) is 6.86. The van der Waals surface area contributed by atoms with E-state index in [2.05, 4.69) is 11.4 Å². The maximum absolute atomic E-state index is 12.8. The van der Waals surface area contributed by atoms with Gasteiger partial charge in [0.15, 0.2) is 11.5 Å². The van der Waals surface area contributed by atoms with Crippen molar-refractivity contribution in [2.24, 2.45) is 0 Å². The smallest absolute Gasteiger partial charge is 0.256 e. The number of hydrogen-bond donors (Lipinski definition) is 1. The van der Waals surface area contributed by atoms with Crippen LogP contribution in [0, 0.1) is 11.3 Å². The number of thiazole rings is 1. The van der Waals surface area contributed by atoms with Gasteiger partial charge in [-0.05, 0) is 59.5 Å². The summed E-state index contributed by atoms with van der Waals surface area (Å²) in [7, 11) is 3.12. The van der Waals surface area contributed by atoms with E-state index in [1.165, 1.54) is 22.7 Å². The minimum atomic E-state index is -0.285. The SMILES string of the molecule is COc1ccc(C=C(C#N)c2nc(-c3cccs3)c(NC(=O)c3ccc(Cl)cc3)s2)cc1OC. The molecular formula is C25H18ClN3O3S2. The van der Waals surface area contributed by atoms with E-state index in [4.69, 9.17) is 26.1 Å². The molecule has 0 aliphatic carbocycles. The van der Waals surface area contributed by atoms with Gasteiger partial charge >= 0.3 is 0 Å². The first-order valence-corrected chi connectivity index (χ1v) is 12.1. The first kappa shape index (κ1) is 23.5. The largest absolute Gasteiger partial charge is 0.493 e. The van der Waals surface area contributed by atoms with Gasteiger partial charge in [-0.15, -0.1) is 11.3 Å². The van der Waals surface area contributed by atoms with Gasteiger partial charge in [-0.1, -0.05) is 35.1 Å². The number of carbonyl (C=O) groups is 1. The molecule has 2 aromatic heterocycles. The Morgan fingerprint density at radius 2 is 1.88 bits per heavy atom. The number of nitrogens with one attached hydrogen (secondary N) is 1. The van der Waals surface area contributed by atoms with Crippen molar-refractivity contribution >= 4 is 56.8 Å². The molecule has 6 nitrogen and oxygen atoms in total. The molecule has 0 aliphatic heterocycles. The van der Waals surface area contributed by atoms with Crippen molar-refractivity contribution in [3.63, 3.8) is 0 Å². The number of nitriles is 1. The van der Waals surface area contributed by atoms with Crippen LogP contribution < -0.4 is 14.8 Å². The fraction of sp³-hybridized carbons (Fsp3) is 0.0800. The van der Waals surface area contributed by atoms with Crippen LogP contribution >= 0.6 is 34.3 Å². The number of methoxy groups -OCH3 is 2. The van der Waals surface area contributed by atoms with Crippen molar-refractivity contribution in [1.82, 2.24) is 4.98 Å². The van der Waals surface area contributed by atoms with Gasteiger partial charge in [0.1, 0.15) is 21.8 Å². The lowest BCUT2D eigenvalue weighted by Crippen LogP contribution is -2.11. The topological polar surface area (TPSA) is 84.2 Å². The van der Waals surface area contributed by atoms with Crippen molar-refractivity contribution in [3.8, 4) is 28.1 Å². The van der Waals surface area contributed by atoms with Crippen LogP contribution in [0.25, 0.3) is 22.2 Å². The number of aromatic nitrogens is 1. The van der Waals surface area contributed by atoms with E-state index in [0.29, 0.717) is 43.4 Å². The van der Waals surface area contributed by atoms with E-state index in [1.54, 1.807) is 56.7 Å². The molecule has 0 bridgehead atoms. The Morgan fingerprint density at radius 3 is 2.53 bits per heavy atom. The van der Waals surface area contributed by atoms with Crippen LogP contribution in [0.15, 0.2) is 60.0 Å². The summed E-state index contributed by atoms with van der Waals surface area (Å²) in [5.74, 6) is 0.870. The number of ether oxygens (including phenoxy) is 2. The standard InChI is InChI=1S/C25H18ClN3O3S2/c1-31-19-10-5-15(13-20(19)32-2)12-17(14-27)24-28-22(21-4-3-11-33-21)25(34-24)29-23(30)16-6-8-18(26)9-7-16/h3-13H,1-2H3,(H,29,30). The molecular weight excluding hydrogens is 490 g/mol. The summed E-state index contributed by atoms with van der Waals surface area (Å²) < 4.78 is 10.6. The Kier molecular flexibility index (Phi) is 7.28. The molecule has 0 unspecified atom stereocenters. The average molecular weight is 508 g/mol. The molecule has 0 saturated heterocycles. The molecule has 0 fully saturated rings. The number of rotatable bonds is 7. The van der Waals surface area contributed by atoms with Crippen LogP contribution in [0.4, 0.5) is 5.00 Å². The third-order valence-electron chi connectivity index (χ3n) is 4.78. The van der Waals surface area contributed by atoms with Gasteiger partial charge in [0.05, 0.1) is 24.7 Å². The second kappa shape index (κ2) is 10.5. The number of hydrogen-bond acceptors (Lipinski definition) is 7. The summed E-state index contributed by atoms with van der Waals surface area (Å²) in [4.78, 5) is 18.4. The van der Waals surface area contributed by atoms with Gasteiger partial charge in [0, 0.05) is 10.6 Å². The molecule has 0 spiro atoms. The summed E-state index contributed by atoms with van der Waals surface area (Å²) in [6.07, 6.45) is 1.73. The number of thiophene rings is 1. The number of anilines is 1. The predicted molar refractivity (Wildman–Crippen MR) is 138 cm³/mol. The van der Waals surface area contributed by atoms with E-state index in [1.807, 2.05) is 23.6 Å². The fourth-order valence-corrected chi connectivity index (χ4v) is 4.98. The Bertz CT molecular complexity index is 1390. The third kappa shape index (κ3) is 5.13. The Labute approximate surface area is 209 Å². The van der Waals surface area contributed by atoms with Gasteiger partial charge in [-0.25, -0.2) is 4.98 Å². The van der Waals surface area contributed by atoms with E-state index in [9.17, 15) is 10.1 Å². The molecule has 1 amide bonds. The van der Waals surface area contributed by atoms with E-state index in [0.717, 1.165) is 10.4 Å². The molecule has 170 valence electrons. The van der Waals surface area contributed by atoms with Gasteiger partial charge in [0.2, 0.25) is 0 Å². The zero-order chi connectivity index (χ0) is 24.1.